The van der Waals surface area contributed by atoms with Crippen molar-refractivity contribution in [3.63, 3.8) is 0 Å². The minimum Gasteiger partial charge on any atom is -0.265 e. The van der Waals surface area contributed by atoms with Crippen LogP contribution in [0.15, 0.2) is 4.90 Å². The smallest absolute Gasteiger partial charge is 0.264 e. The van der Waals surface area contributed by atoms with Gasteiger partial charge in [-0.1, -0.05) is 13.8 Å². The molecule has 1 fully saturated rings. The van der Waals surface area contributed by atoms with Crippen molar-refractivity contribution < 1.29 is 8.42 Å². The monoisotopic (exact) mass is 304 g/mol. The van der Waals surface area contributed by atoms with E-state index in [4.69, 9.17) is 10.7 Å². The molecule has 108 valence electrons. The molecule has 6 heteroatoms. The van der Waals surface area contributed by atoms with Crippen molar-refractivity contribution in [1.82, 2.24) is 9.78 Å². The van der Waals surface area contributed by atoms with Crippen molar-refractivity contribution in [3.8, 4) is 0 Å². The fraction of sp³-hybridized carbons (Fsp3) is 0.769. The maximum atomic E-state index is 11.6. The molecule has 0 spiro atoms. The normalized spacial score (nSPS) is 28.6. The zero-order chi connectivity index (χ0) is 14.4. The molecule has 19 heavy (non-hydrogen) atoms. The van der Waals surface area contributed by atoms with E-state index in [1.54, 1.807) is 13.8 Å². The van der Waals surface area contributed by atoms with Gasteiger partial charge in [0.05, 0.1) is 17.4 Å². The van der Waals surface area contributed by atoms with Gasteiger partial charge >= 0.3 is 0 Å². The van der Waals surface area contributed by atoms with Gasteiger partial charge in [0.15, 0.2) is 0 Å². The molecule has 0 aliphatic heterocycles. The van der Waals surface area contributed by atoms with E-state index in [1.165, 1.54) is 0 Å². The molecule has 0 saturated heterocycles. The van der Waals surface area contributed by atoms with Gasteiger partial charge in [0.25, 0.3) is 9.05 Å². The third-order valence-electron chi connectivity index (χ3n) is 4.42. The van der Waals surface area contributed by atoms with Crippen molar-refractivity contribution in [3.05, 3.63) is 11.4 Å². The van der Waals surface area contributed by atoms with Gasteiger partial charge in [-0.2, -0.15) is 5.10 Å². The molecule has 3 atom stereocenters. The van der Waals surface area contributed by atoms with Gasteiger partial charge in [-0.05, 0) is 44.9 Å². The first-order valence-electron chi connectivity index (χ1n) is 6.72. The molecule has 0 amide bonds. The Labute approximate surface area is 119 Å². The molecule has 2 rings (SSSR count). The van der Waals surface area contributed by atoms with E-state index in [9.17, 15) is 8.42 Å². The van der Waals surface area contributed by atoms with Crippen LogP contribution in [0.1, 0.15) is 50.5 Å². The minimum atomic E-state index is -3.72. The molecule has 1 heterocycles. The van der Waals surface area contributed by atoms with Gasteiger partial charge in [-0.3, -0.25) is 4.68 Å². The lowest BCUT2D eigenvalue weighted by Gasteiger charge is -2.32. The van der Waals surface area contributed by atoms with Crippen LogP contribution < -0.4 is 0 Å². The molecule has 1 aromatic rings. The highest BCUT2D eigenvalue weighted by molar-refractivity contribution is 8.13. The Balaban J connectivity index is 2.38. The van der Waals surface area contributed by atoms with Crippen LogP contribution in [0.5, 0.6) is 0 Å². The lowest BCUT2D eigenvalue weighted by Crippen LogP contribution is -2.24. The van der Waals surface area contributed by atoms with Crippen LogP contribution in [0.4, 0.5) is 0 Å². The molecule has 4 nitrogen and oxygen atoms in total. The maximum absolute atomic E-state index is 11.6. The summed E-state index contributed by atoms with van der Waals surface area (Å²) in [6, 6.07) is 0.289. The molecule has 0 aromatic carbocycles. The van der Waals surface area contributed by atoms with Gasteiger partial charge in [0, 0.05) is 10.7 Å². The maximum Gasteiger partial charge on any atom is 0.264 e. The van der Waals surface area contributed by atoms with Crippen molar-refractivity contribution in [2.24, 2.45) is 11.8 Å². The van der Waals surface area contributed by atoms with E-state index < -0.39 is 9.05 Å². The summed E-state index contributed by atoms with van der Waals surface area (Å²) in [7, 11) is 1.77. The standard InChI is InChI=1S/C13H21ClN2O2S/c1-8-5-6-12(7-9(8)2)16-11(4)13(10(3)15-16)19(14,17)18/h8-9,12H,5-7H2,1-4H3. The van der Waals surface area contributed by atoms with E-state index in [-0.39, 0.29) is 10.9 Å². The zero-order valence-corrected chi connectivity index (χ0v) is 13.4. The lowest BCUT2D eigenvalue weighted by molar-refractivity contribution is 0.198. The second kappa shape index (κ2) is 5.09. The fourth-order valence-corrected chi connectivity index (χ4v) is 4.61. The fourth-order valence-electron chi connectivity index (χ4n) is 3.10. The van der Waals surface area contributed by atoms with Gasteiger partial charge in [0.2, 0.25) is 0 Å². The Morgan fingerprint density at radius 2 is 1.84 bits per heavy atom. The number of hydrogen-bond acceptors (Lipinski definition) is 3. The summed E-state index contributed by atoms with van der Waals surface area (Å²) in [5.41, 5.74) is 1.16. The first-order valence-corrected chi connectivity index (χ1v) is 9.03. The van der Waals surface area contributed by atoms with E-state index in [1.807, 2.05) is 4.68 Å². The Morgan fingerprint density at radius 3 is 2.32 bits per heavy atom. The molecule has 0 N–H and O–H groups in total. The summed E-state index contributed by atoms with van der Waals surface area (Å²) in [6.07, 6.45) is 3.26. The van der Waals surface area contributed by atoms with Gasteiger partial charge in [-0.15, -0.1) is 0 Å². The van der Waals surface area contributed by atoms with Crippen molar-refractivity contribution in [2.75, 3.05) is 0 Å². The van der Waals surface area contributed by atoms with Crippen molar-refractivity contribution in [2.45, 2.75) is 57.9 Å². The summed E-state index contributed by atoms with van der Waals surface area (Å²) >= 11 is 0. The molecular formula is C13H21ClN2O2S. The van der Waals surface area contributed by atoms with Crippen LogP contribution in [-0.2, 0) is 9.05 Å². The van der Waals surface area contributed by atoms with Crippen LogP contribution in [0.2, 0.25) is 0 Å². The van der Waals surface area contributed by atoms with Gasteiger partial charge in [0.1, 0.15) is 4.90 Å². The van der Waals surface area contributed by atoms with Crippen LogP contribution in [0.25, 0.3) is 0 Å². The number of aryl methyl sites for hydroxylation is 1. The van der Waals surface area contributed by atoms with Crippen LogP contribution in [0, 0.1) is 25.7 Å². The van der Waals surface area contributed by atoms with E-state index in [0.717, 1.165) is 25.2 Å². The third kappa shape index (κ3) is 2.82. The third-order valence-corrected chi connectivity index (χ3v) is 5.96. The lowest BCUT2D eigenvalue weighted by atomic mass is 9.79. The molecule has 1 aliphatic carbocycles. The van der Waals surface area contributed by atoms with Crippen molar-refractivity contribution in [1.29, 1.82) is 0 Å². The highest BCUT2D eigenvalue weighted by Gasteiger charge is 2.30. The summed E-state index contributed by atoms with van der Waals surface area (Å²) < 4.78 is 25.1. The summed E-state index contributed by atoms with van der Waals surface area (Å²) in [5, 5.41) is 4.41. The SMILES string of the molecule is Cc1nn(C2CCC(C)C(C)C2)c(C)c1S(=O)(=O)Cl. The summed E-state index contributed by atoms with van der Waals surface area (Å²) in [4.78, 5) is 0.181. The number of nitrogens with zero attached hydrogens (tertiary/aromatic N) is 2. The Kier molecular flexibility index (Phi) is 3.98. The Morgan fingerprint density at radius 1 is 1.21 bits per heavy atom. The second-order valence-corrected chi connectivity index (χ2v) is 8.31. The molecule has 0 bridgehead atoms. The highest BCUT2D eigenvalue weighted by Crippen LogP contribution is 2.37. The van der Waals surface area contributed by atoms with Gasteiger partial charge < -0.3 is 0 Å². The molecule has 1 saturated carbocycles. The van der Waals surface area contributed by atoms with E-state index >= 15 is 0 Å². The molecule has 0 radical (unpaired) electrons. The predicted molar refractivity (Wildman–Crippen MR) is 76.0 cm³/mol. The summed E-state index contributed by atoms with van der Waals surface area (Å²) in [5.74, 6) is 1.36. The Hall–Kier alpha value is -0.550. The average Bonchev–Trinajstić information content (AvgIpc) is 2.57. The number of halogens is 1. The quantitative estimate of drug-likeness (QED) is 0.787. The van der Waals surface area contributed by atoms with Crippen LogP contribution in [0.3, 0.4) is 0 Å². The van der Waals surface area contributed by atoms with Crippen molar-refractivity contribution >= 4 is 19.7 Å². The molecule has 1 aliphatic rings. The molecular weight excluding hydrogens is 284 g/mol. The molecule has 3 unspecified atom stereocenters. The number of hydrogen-bond donors (Lipinski definition) is 0. The van der Waals surface area contributed by atoms with E-state index in [2.05, 4.69) is 18.9 Å². The van der Waals surface area contributed by atoms with Crippen LogP contribution >= 0.6 is 10.7 Å². The minimum absolute atomic E-state index is 0.181. The first kappa shape index (κ1) is 14.9. The summed E-state index contributed by atoms with van der Waals surface area (Å²) in [6.45, 7) is 8.02. The average molecular weight is 305 g/mol. The number of rotatable bonds is 2. The van der Waals surface area contributed by atoms with Gasteiger partial charge in [-0.25, -0.2) is 8.42 Å². The molecule has 1 aromatic heterocycles. The van der Waals surface area contributed by atoms with Crippen LogP contribution in [-0.4, -0.2) is 18.2 Å². The topological polar surface area (TPSA) is 52.0 Å². The zero-order valence-electron chi connectivity index (χ0n) is 11.9. The Bertz CT molecular complexity index is 580. The number of aromatic nitrogens is 2. The first-order chi connectivity index (χ1) is 8.71. The second-order valence-electron chi connectivity index (χ2n) is 5.80. The highest BCUT2D eigenvalue weighted by atomic mass is 35.7. The van der Waals surface area contributed by atoms with E-state index in [0.29, 0.717) is 17.3 Å². The predicted octanol–water partition coefficient (Wildman–Crippen LogP) is 3.42. The largest absolute Gasteiger partial charge is 0.265 e.